The topological polar surface area (TPSA) is 33.1 Å². The minimum absolute atomic E-state index is 0.640. The zero-order chi connectivity index (χ0) is 12.0. The number of aryl methyl sites for hydroxylation is 2. The van der Waals surface area contributed by atoms with Crippen LogP contribution in [-0.4, -0.2) is 20.6 Å². The number of aromatic nitrogens is 1. The number of hydrogen-bond acceptors (Lipinski definition) is 3. The monoisotopic (exact) mass is 249 g/mol. The number of fused-ring (bicyclic) bond motifs is 2. The molecule has 2 saturated heterocycles. The molecule has 1 aromatic rings. The van der Waals surface area contributed by atoms with Crippen molar-refractivity contribution in [3.63, 3.8) is 0 Å². The first kappa shape index (κ1) is 11.5. The summed E-state index contributed by atoms with van der Waals surface area (Å²) < 4.78 is 0. The predicted octanol–water partition coefficient (Wildman–Crippen LogP) is 2.94. The summed E-state index contributed by atoms with van der Waals surface area (Å²) in [4.78, 5) is 4.51. The molecule has 17 heavy (non-hydrogen) atoms. The van der Waals surface area contributed by atoms with E-state index in [2.05, 4.69) is 29.7 Å². The zero-order valence-electron chi connectivity index (χ0n) is 10.4. The van der Waals surface area contributed by atoms with Gasteiger partial charge in [0.25, 0.3) is 0 Å². The van der Waals surface area contributed by atoms with Gasteiger partial charge in [-0.25, -0.2) is 0 Å². The lowest BCUT2D eigenvalue weighted by molar-refractivity contribution is 0.0147. The number of rotatable bonds is 1. The molecule has 2 atom stereocenters. The Morgan fingerprint density at radius 3 is 2.53 bits per heavy atom. The summed E-state index contributed by atoms with van der Waals surface area (Å²) >= 11 is 2.07. The molecule has 1 N–H and O–H groups in total. The largest absolute Gasteiger partial charge is 0.383 e. The number of nitrogens with zero attached hydrogens (tertiary/aromatic N) is 1. The fourth-order valence-corrected chi connectivity index (χ4v) is 5.15. The number of pyridine rings is 1. The average molecular weight is 249 g/mol. The molecule has 2 fully saturated rings. The van der Waals surface area contributed by atoms with Crippen molar-refractivity contribution in [2.45, 2.75) is 55.6 Å². The third kappa shape index (κ3) is 2.00. The second-order valence-electron chi connectivity index (χ2n) is 5.58. The third-order valence-electron chi connectivity index (χ3n) is 3.98. The van der Waals surface area contributed by atoms with Crippen molar-refractivity contribution in [3.05, 3.63) is 29.1 Å². The van der Waals surface area contributed by atoms with Gasteiger partial charge in [0.1, 0.15) is 5.60 Å². The minimum Gasteiger partial charge on any atom is -0.383 e. The van der Waals surface area contributed by atoms with E-state index < -0.39 is 5.60 Å². The van der Waals surface area contributed by atoms with Crippen LogP contribution in [0.25, 0.3) is 0 Å². The Morgan fingerprint density at radius 1 is 1.29 bits per heavy atom. The fraction of sp³-hybridized carbons (Fsp3) is 0.643. The van der Waals surface area contributed by atoms with E-state index in [4.69, 9.17) is 0 Å². The molecule has 2 aliphatic heterocycles. The van der Waals surface area contributed by atoms with Crippen LogP contribution in [0.2, 0.25) is 0 Å². The highest BCUT2D eigenvalue weighted by Crippen LogP contribution is 2.51. The molecule has 0 radical (unpaired) electrons. The minimum atomic E-state index is -0.672. The van der Waals surface area contributed by atoms with Crippen molar-refractivity contribution >= 4 is 11.8 Å². The molecule has 0 aliphatic carbocycles. The van der Waals surface area contributed by atoms with E-state index in [1.807, 2.05) is 13.1 Å². The first-order chi connectivity index (χ1) is 8.07. The predicted molar refractivity (Wildman–Crippen MR) is 71.2 cm³/mol. The molecule has 2 aliphatic rings. The molecule has 2 nitrogen and oxygen atoms in total. The summed E-state index contributed by atoms with van der Waals surface area (Å²) in [5, 5.41) is 12.2. The lowest BCUT2D eigenvalue weighted by atomic mass is 9.87. The van der Waals surface area contributed by atoms with Crippen molar-refractivity contribution in [1.82, 2.24) is 4.98 Å². The first-order valence-corrected chi connectivity index (χ1v) is 7.33. The Morgan fingerprint density at radius 2 is 1.94 bits per heavy atom. The molecule has 3 heteroatoms. The SMILES string of the molecule is Cc1cnc(C2(O)CC3CCC(C2)S3)c(C)c1. The van der Waals surface area contributed by atoms with Gasteiger partial charge in [0, 0.05) is 16.7 Å². The van der Waals surface area contributed by atoms with Gasteiger partial charge in [-0.15, -0.1) is 0 Å². The molecular weight excluding hydrogens is 230 g/mol. The van der Waals surface area contributed by atoms with Crippen molar-refractivity contribution in [1.29, 1.82) is 0 Å². The average Bonchev–Trinajstić information content (AvgIpc) is 2.58. The first-order valence-electron chi connectivity index (χ1n) is 6.38. The van der Waals surface area contributed by atoms with Crippen molar-refractivity contribution < 1.29 is 5.11 Å². The summed E-state index contributed by atoms with van der Waals surface area (Å²) in [7, 11) is 0. The van der Waals surface area contributed by atoms with Gasteiger partial charge in [-0.05, 0) is 50.7 Å². The zero-order valence-corrected chi connectivity index (χ0v) is 11.3. The Bertz CT molecular complexity index is 434. The molecule has 92 valence electrons. The normalized spacial score (nSPS) is 36.2. The highest BCUT2D eigenvalue weighted by molar-refractivity contribution is 8.00. The fourth-order valence-electron chi connectivity index (χ4n) is 3.31. The number of thioether (sulfide) groups is 1. The van der Waals surface area contributed by atoms with E-state index in [-0.39, 0.29) is 0 Å². The summed E-state index contributed by atoms with van der Waals surface area (Å²) in [6, 6.07) is 2.13. The molecule has 0 spiro atoms. The van der Waals surface area contributed by atoms with Gasteiger partial charge in [-0.1, -0.05) is 6.07 Å². The van der Waals surface area contributed by atoms with E-state index in [0.717, 1.165) is 24.1 Å². The molecular formula is C14H19NOS. The number of hydrogen-bond donors (Lipinski definition) is 1. The van der Waals surface area contributed by atoms with E-state index in [0.29, 0.717) is 10.5 Å². The molecule has 1 aromatic heterocycles. The van der Waals surface area contributed by atoms with Gasteiger partial charge in [0.2, 0.25) is 0 Å². The van der Waals surface area contributed by atoms with Crippen LogP contribution in [0.4, 0.5) is 0 Å². The van der Waals surface area contributed by atoms with Crippen LogP contribution >= 0.6 is 11.8 Å². The summed E-state index contributed by atoms with van der Waals surface area (Å²) in [5.41, 5.74) is 2.55. The van der Waals surface area contributed by atoms with Crippen molar-refractivity contribution in [2.24, 2.45) is 0 Å². The maximum atomic E-state index is 10.9. The van der Waals surface area contributed by atoms with Gasteiger partial charge in [0.05, 0.1) is 5.69 Å². The second-order valence-corrected chi connectivity index (χ2v) is 7.18. The van der Waals surface area contributed by atoms with Crippen LogP contribution in [0.15, 0.2) is 12.3 Å². The Kier molecular flexibility index (Phi) is 2.71. The molecule has 2 bridgehead atoms. The molecule has 0 aromatic carbocycles. The summed E-state index contributed by atoms with van der Waals surface area (Å²) in [6.45, 7) is 4.12. The summed E-state index contributed by atoms with van der Waals surface area (Å²) in [5.74, 6) is 0. The van der Waals surface area contributed by atoms with E-state index >= 15 is 0 Å². The smallest absolute Gasteiger partial charge is 0.109 e. The van der Waals surface area contributed by atoms with Gasteiger partial charge < -0.3 is 5.11 Å². The Balaban J connectivity index is 1.97. The maximum absolute atomic E-state index is 10.9. The van der Waals surface area contributed by atoms with E-state index in [1.54, 1.807) is 0 Å². The molecule has 0 amide bonds. The van der Waals surface area contributed by atoms with Gasteiger partial charge >= 0.3 is 0 Å². The Labute approximate surface area is 107 Å². The van der Waals surface area contributed by atoms with Crippen molar-refractivity contribution in [2.75, 3.05) is 0 Å². The molecule has 2 unspecified atom stereocenters. The van der Waals surface area contributed by atoms with E-state index in [1.165, 1.54) is 18.4 Å². The highest BCUT2D eigenvalue weighted by atomic mass is 32.2. The van der Waals surface area contributed by atoms with Crippen molar-refractivity contribution in [3.8, 4) is 0 Å². The van der Waals surface area contributed by atoms with Gasteiger partial charge in [-0.2, -0.15) is 11.8 Å². The van der Waals surface area contributed by atoms with Crippen LogP contribution in [0.5, 0.6) is 0 Å². The third-order valence-corrected chi connectivity index (χ3v) is 5.56. The Hall–Kier alpha value is -0.540. The molecule has 0 saturated carbocycles. The van der Waals surface area contributed by atoms with Gasteiger partial charge in [-0.3, -0.25) is 4.98 Å². The van der Waals surface area contributed by atoms with E-state index in [9.17, 15) is 5.11 Å². The number of aliphatic hydroxyl groups is 1. The second kappa shape index (κ2) is 3.99. The van der Waals surface area contributed by atoms with Crippen LogP contribution < -0.4 is 0 Å². The van der Waals surface area contributed by atoms with Crippen LogP contribution in [0.3, 0.4) is 0 Å². The maximum Gasteiger partial charge on any atom is 0.109 e. The lowest BCUT2D eigenvalue weighted by Gasteiger charge is -2.36. The standard InChI is InChI=1S/C14H19NOS/c1-9-5-10(2)13(15-8-9)14(16)6-11-3-4-12(7-14)17-11/h5,8,11-12,16H,3-4,6-7H2,1-2H3. The lowest BCUT2D eigenvalue weighted by Crippen LogP contribution is -2.36. The highest BCUT2D eigenvalue weighted by Gasteiger charge is 2.45. The molecule has 3 heterocycles. The molecule has 3 rings (SSSR count). The van der Waals surface area contributed by atoms with Gasteiger partial charge in [0.15, 0.2) is 0 Å². The summed E-state index contributed by atoms with van der Waals surface area (Å²) in [6.07, 6.45) is 6.17. The van der Waals surface area contributed by atoms with Crippen LogP contribution in [0, 0.1) is 13.8 Å². The quantitative estimate of drug-likeness (QED) is 0.830. The van der Waals surface area contributed by atoms with Crippen LogP contribution in [-0.2, 0) is 5.60 Å². The van der Waals surface area contributed by atoms with Crippen LogP contribution in [0.1, 0.15) is 42.5 Å².